The van der Waals surface area contributed by atoms with Crippen LogP contribution in [0.15, 0.2) is 12.1 Å². The maximum absolute atomic E-state index is 12.9. The second-order valence-electron chi connectivity index (χ2n) is 2.20. The van der Waals surface area contributed by atoms with E-state index in [0.717, 1.165) is 12.1 Å². The molecular formula is C8H6F4O2. The molecule has 1 aromatic rings. The van der Waals surface area contributed by atoms with E-state index in [4.69, 9.17) is 0 Å². The molecule has 0 bridgehead atoms. The zero-order valence-electron chi connectivity index (χ0n) is 6.90. The summed E-state index contributed by atoms with van der Waals surface area (Å²) in [5.74, 6) is -3.99. The Morgan fingerprint density at radius 2 is 1.21 bits per heavy atom. The van der Waals surface area contributed by atoms with Gasteiger partial charge < -0.3 is 9.47 Å². The van der Waals surface area contributed by atoms with E-state index in [1.54, 1.807) is 0 Å². The Kier molecular flexibility index (Phi) is 3.55. The molecule has 0 heterocycles. The summed E-state index contributed by atoms with van der Waals surface area (Å²) in [6.45, 7) is -2.56. The van der Waals surface area contributed by atoms with Crippen molar-refractivity contribution in [3.05, 3.63) is 23.8 Å². The number of benzene rings is 1. The average Bonchev–Trinajstić information content (AvgIpc) is 2.18. The number of halogens is 4. The molecule has 14 heavy (non-hydrogen) atoms. The third kappa shape index (κ3) is 2.07. The van der Waals surface area contributed by atoms with Gasteiger partial charge in [-0.1, -0.05) is 0 Å². The minimum Gasteiger partial charge on any atom is -0.460 e. The van der Waals surface area contributed by atoms with Crippen LogP contribution in [0, 0.1) is 11.6 Å². The van der Waals surface area contributed by atoms with E-state index < -0.39 is 36.9 Å². The molecule has 0 radical (unpaired) electrons. The molecule has 0 N–H and O–H groups in total. The molecule has 0 amide bonds. The van der Waals surface area contributed by atoms with E-state index in [1.807, 2.05) is 0 Å². The number of ether oxygens (including phenoxy) is 2. The quantitative estimate of drug-likeness (QED) is 0.711. The first-order valence-corrected chi connectivity index (χ1v) is 3.56. The topological polar surface area (TPSA) is 18.5 Å². The lowest BCUT2D eigenvalue weighted by Crippen LogP contribution is -2.00. The van der Waals surface area contributed by atoms with Crippen LogP contribution in [-0.4, -0.2) is 13.7 Å². The molecule has 0 atom stereocenters. The van der Waals surface area contributed by atoms with E-state index in [2.05, 4.69) is 9.47 Å². The minimum absolute atomic E-state index is 0.587. The summed E-state index contributed by atoms with van der Waals surface area (Å²) in [7, 11) is 0. The molecule has 0 spiro atoms. The number of hydrogen-bond acceptors (Lipinski definition) is 2. The van der Waals surface area contributed by atoms with Gasteiger partial charge in [0, 0.05) is 0 Å². The fourth-order valence-corrected chi connectivity index (χ4v) is 0.855. The second kappa shape index (κ2) is 4.69. The normalized spacial score (nSPS) is 10.0. The van der Waals surface area contributed by atoms with Gasteiger partial charge in [-0.05, 0) is 12.1 Å². The molecule has 0 unspecified atom stereocenters. The van der Waals surface area contributed by atoms with Crippen molar-refractivity contribution in [2.45, 2.75) is 0 Å². The summed E-state index contributed by atoms with van der Waals surface area (Å²) < 4.78 is 57.3. The number of alkyl halides is 2. The highest BCUT2D eigenvalue weighted by molar-refractivity contribution is 5.34. The minimum atomic E-state index is -1.41. The molecule has 0 aliphatic carbocycles. The Balaban J connectivity index is 2.99. The first-order chi connectivity index (χ1) is 6.70. The second-order valence-corrected chi connectivity index (χ2v) is 2.20. The van der Waals surface area contributed by atoms with Crippen LogP contribution in [0.2, 0.25) is 0 Å². The molecule has 78 valence electrons. The monoisotopic (exact) mass is 210 g/mol. The lowest BCUT2D eigenvalue weighted by Gasteiger charge is -2.07. The van der Waals surface area contributed by atoms with E-state index in [0.29, 0.717) is 0 Å². The maximum atomic E-state index is 12.9. The van der Waals surface area contributed by atoms with E-state index in [-0.39, 0.29) is 0 Å². The Bertz CT molecular complexity index is 285. The van der Waals surface area contributed by atoms with Gasteiger partial charge in [0.25, 0.3) is 0 Å². The fourth-order valence-electron chi connectivity index (χ4n) is 0.855. The van der Waals surface area contributed by atoms with Crippen LogP contribution in [0.25, 0.3) is 0 Å². The van der Waals surface area contributed by atoms with Gasteiger partial charge >= 0.3 is 0 Å². The van der Waals surface area contributed by atoms with Crippen molar-refractivity contribution in [1.29, 1.82) is 0 Å². The van der Waals surface area contributed by atoms with Crippen LogP contribution < -0.4 is 9.47 Å². The lowest BCUT2D eigenvalue weighted by atomic mass is 10.3. The predicted molar refractivity (Wildman–Crippen MR) is 39.6 cm³/mol. The van der Waals surface area contributed by atoms with Crippen molar-refractivity contribution in [2.75, 3.05) is 13.7 Å². The highest BCUT2D eigenvalue weighted by Gasteiger charge is 2.15. The molecule has 0 fully saturated rings. The standard InChI is InChI=1S/C8H6F4O2/c9-3-13-5-1-2-6(14-4-10)8(12)7(5)11/h1-2H,3-4H2. The van der Waals surface area contributed by atoms with E-state index >= 15 is 0 Å². The van der Waals surface area contributed by atoms with Crippen LogP contribution in [0.5, 0.6) is 11.5 Å². The highest BCUT2D eigenvalue weighted by Crippen LogP contribution is 2.27. The largest absolute Gasteiger partial charge is 0.460 e. The molecular weight excluding hydrogens is 204 g/mol. The Labute approximate surface area is 77.1 Å². The van der Waals surface area contributed by atoms with Crippen molar-refractivity contribution in [3.63, 3.8) is 0 Å². The predicted octanol–water partition coefficient (Wildman–Crippen LogP) is 2.58. The van der Waals surface area contributed by atoms with Gasteiger partial charge in [0.1, 0.15) is 0 Å². The van der Waals surface area contributed by atoms with Crippen LogP contribution >= 0.6 is 0 Å². The van der Waals surface area contributed by atoms with E-state index in [1.165, 1.54) is 0 Å². The Morgan fingerprint density at radius 3 is 1.50 bits per heavy atom. The van der Waals surface area contributed by atoms with Crippen molar-refractivity contribution in [2.24, 2.45) is 0 Å². The molecule has 0 aliphatic rings. The smallest absolute Gasteiger partial charge is 0.228 e. The SMILES string of the molecule is FCOc1ccc(OCF)c(F)c1F. The summed E-state index contributed by atoms with van der Waals surface area (Å²) >= 11 is 0. The third-order valence-corrected chi connectivity index (χ3v) is 1.43. The van der Waals surface area contributed by atoms with Gasteiger partial charge in [-0.3, -0.25) is 0 Å². The van der Waals surface area contributed by atoms with Crippen molar-refractivity contribution in [3.8, 4) is 11.5 Å². The molecule has 1 aromatic carbocycles. The van der Waals surface area contributed by atoms with Gasteiger partial charge in [0.2, 0.25) is 25.4 Å². The first kappa shape index (κ1) is 10.6. The molecule has 2 nitrogen and oxygen atoms in total. The summed E-state index contributed by atoms with van der Waals surface area (Å²) in [6.07, 6.45) is 0. The van der Waals surface area contributed by atoms with Crippen molar-refractivity contribution < 1.29 is 27.0 Å². The van der Waals surface area contributed by atoms with Crippen LogP contribution in [0.1, 0.15) is 0 Å². The van der Waals surface area contributed by atoms with Gasteiger partial charge in [-0.15, -0.1) is 0 Å². The van der Waals surface area contributed by atoms with Gasteiger partial charge in [-0.2, -0.15) is 8.78 Å². The molecule has 0 saturated carbocycles. The maximum Gasteiger partial charge on any atom is 0.228 e. The van der Waals surface area contributed by atoms with Crippen molar-refractivity contribution >= 4 is 0 Å². The van der Waals surface area contributed by atoms with Gasteiger partial charge in [-0.25, -0.2) is 8.78 Å². The van der Waals surface area contributed by atoms with E-state index in [9.17, 15) is 17.6 Å². The summed E-state index contributed by atoms with van der Waals surface area (Å²) in [6, 6.07) is 1.89. The van der Waals surface area contributed by atoms with Gasteiger partial charge in [0.05, 0.1) is 0 Å². The molecule has 0 aliphatic heterocycles. The molecule has 0 saturated heterocycles. The van der Waals surface area contributed by atoms with Crippen LogP contribution in [-0.2, 0) is 0 Å². The molecule has 0 aromatic heterocycles. The zero-order chi connectivity index (χ0) is 10.6. The summed E-state index contributed by atoms with van der Waals surface area (Å²) in [5, 5.41) is 0. The average molecular weight is 210 g/mol. The first-order valence-electron chi connectivity index (χ1n) is 3.56. The Hall–Kier alpha value is -1.46. The molecule has 6 heteroatoms. The van der Waals surface area contributed by atoms with Crippen LogP contribution in [0.3, 0.4) is 0 Å². The Morgan fingerprint density at radius 1 is 0.857 bits per heavy atom. The zero-order valence-corrected chi connectivity index (χ0v) is 6.90. The summed E-state index contributed by atoms with van der Waals surface area (Å²) in [5.41, 5.74) is 0. The lowest BCUT2D eigenvalue weighted by molar-refractivity contribution is 0.171. The number of rotatable bonds is 4. The fraction of sp³-hybridized carbons (Fsp3) is 0.250. The third-order valence-electron chi connectivity index (χ3n) is 1.43. The highest BCUT2D eigenvalue weighted by atomic mass is 19.2. The summed E-state index contributed by atoms with van der Waals surface area (Å²) in [4.78, 5) is 0. The van der Waals surface area contributed by atoms with Crippen molar-refractivity contribution in [1.82, 2.24) is 0 Å². The van der Waals surface area contributed by atoms with Crippen LogP contribution in [0.4, 0.5) is 17.6 Å². The van der Waals surface area contributed by atoms with Gasteiger partial charge in [0.15, 0.2) is 11.5 Å². The molecule has 1 rings (SSSR count). The number of hydrogen-bond donors (Lipinski definition) is 0.